The van der Waals surface area contributed by atoms with Crippen molar-refractivity contribution in [3.8, 4) is 0 Å². The second-order valence-electron chi connectivity index (χ2n) is 5.83. The molecule has 1 fully saturated rings. The van der Waals surface area contributed by atoms with Crippen molar-refractivity contribution in [3.63, 3.8) is 0 Å². The number of carbonyl (C=O) groups excluding carboxylic acids is 2. The number of nitrogens with zero attached hydrogens (tertiary/aromatic N) is 3. The molecule has 2 N–H and O–H groups in total. The summed E-state index contributed by atoms with van der Waals surface area (Å²) in [5.41, 5.74) is 2.64. The number of rotatable bonds is 3. The average molecular weight is 335 g/mol. The lowest BCUT2D eigenvalue weighted by atomic mass is 10.2. The highest BCUT2D eigenvalue weighted by molar-refractivity contribution is 6.09. The summed E-state index contributed by atoms with van der Waals surface area (Å²) in [7, 11) is 0. The first-order valence-electron chi connectivity index (χ1n) is 8.11. The molecule has 7 nitrogen and oxygen atoms in total. The third-order valence-corrected chi connectivity index (χ3v) is 4.17. The van der Waals surface area contributed by atoms with Gasteiger partial charge in [-0.3, -0.25) is 9.69 Å². The lowest BCUT2D eigenvalue weighted by molar-refractivity contribution is 0.102. The van der Waals surface area contributed by atoms with Crippen LogP contribution in [0.1, 0.15) is 16.8 Å². The molecule has 7 heteroatoms. The van der Waals surface area contributed by atoms with E-state index in [0.29, 0.717) is 24.3 Å². The highest BCUT2D eigenvalue weighted by Gasteiger charge is 2.19. The minimum Gasteiger partial charge on any atom is -0.338 e. The van der Waals surface area contributed by atoms with Crippen molar-refractivity contribution < 1.29 is 9.59 Å². The van der Waals surface area contributed by atoms with Crippen LogP contribution in [0.25, 0.3) is 5.52 Å². The Morgan fingerprint density at radius 3 is 3.00 bits per heavy atom. The number of pyridine rings is 1. The molecule has 1 saturated heterocycles. The normalized spacial score (nSPS) is 14.4. The first-order valence-corrected chi connectivity index (χ1v) is 8.11. The maximum atomic E-state index is 12.6. The summed E-state index contributed by atoms with van der Waals surface area (Å²) in [5, 5.41) is 9.88. The first kappa shape index (κ1) is 15.2. The molecule has 2 aromatic heterocycles. The lowest BCUT2D eigenvalue weighted by Crippen LogP contribution is -2.46. The van der Waals surface area contributed by atoms with Gasteiger partial charge in [0.05, 0.1) is 17.3 Å². The van der Waals surface area contributed by atoms with Crippen molar-refractivity contribution >= 4 is 28.8 Å². The van der Waals surface area contributed by atoms with Crippen molar-refractivity contribution in [2.75, 3.05) is 23.3 Å². The van der Waals surface area contributed by atoms with Crippen LogP contribution in [-0.4, -0.2) is 34.6 Å². The van der Waals surface area contributed by atoms with Gasteiger partial charge in [-0.1, -0.05) is 12.1 Å². The van der Waals surface area contributed by atoms with E-state index in [1.165, 1.54) is 0 Å². The van der Waals surface area contributed by atoms with E-state index < -0.39 is 0 Å². The second-order valence-corrected chi connectivity index (χ2v) is 5.83. The maximum absolute atomic E-state index is 12.6. The Morgan fingerprint density at radius 2 is 2.12 bits per heavy atom. The number of benzene rings is 1. The van der Waals surface area contributed by atoms with Crippen molar-refractivity contribution in [1.29, 1.82) is 0 Å². The van der Waals surface area contributed by atoms with Gasteiger partial charge in [0.1, 0.15) is 0 Å². The zero-order valence-corrected chi connectivity index (χ0v) is 13.5. The minimum atomic E-state index is -0.235. The fourth-order valence-electron chi connectivity index (χ4n) is 2.94. The number of nitrogens with one attached hydrogen (secondary N) is 2. The molecule has 4 rings (SSSR count). The maximum Gasteiger partial charge on any atom is 0.321 e. The van der Waals surface area contributed by atoms with Gasteiger partial charge in [0.15, 0.2) is 0 Å². The third-order valence-electron chi connectivity index (χ3n) is 4.17. The Bertz CT molecular complexity index is 949. The van der Waals surface area contributed by atoms with Gasteiger partial charge in [-0.05, 0) is 36.8 Å². The minimum absolute atomic E-state index is 0.114. The molecule has 0 saturated carbocycles. The number of hydrogen-bond acceptors (Lipinski definition) is 3. The van der Waals surface area contributed by atoms with E-state index in [1.54, 1.807) is 33.9 Å². The fourth-order valence-corrected chi connectivity index (χ4v) is 2.94. The van der Waals surface area contributed by atoms with E-state index in [1.807, 2.05) is 30.3 Å². The van der Waals surface area contributed by atoms with E-state index in [9.17, 15) is 9.59 Å². The van der Waals surface area contributed by atoms with Crippen LogP contribution in [0.15, 0.2) is 54.9 Å². The monoisotopic (exact) mass is 335 g/mol. The summed E-state index contributed by atoms with van der Waals surface area (Å²) in [5.74, 6) is -0.235. The molecule has 0 radical (unpaired) electrons. The number of hydrogen-bond donors (Lipinski definition) is 2. The predicted octanol–water partition coefficient (Wildman–Crippen LogP) is 2.51. The molecule has 0 aliphatic carbocycles. The van der Waals surface area contributed by atoms with Gasteiger partial charge in [-0.2, -0.15) is 5.10 Å². The van der Waals surface area contributed by atoms with Gasteiger partial charge >= 0.3 is 6.03 Å². The number of amides is 3. The van der Waals surface area contributed by atoms with Gasteiger partial charge in [0.25, 0.3) is 5.91 Å². The van der Waals surface area contributed by atoms with Crippen LogP contribution >= 0.6 is 0 Å². The number of anilines is 2. The summed E-state index contributed by atoms with van der Waals surface area (Å²) < 4.78 is 1.66. The SMILES string of the molecule is O=C(Nc1cccc(N2CCCNC2=O)c1)c1cnn2ccccc12. The molecule has 3 heterocycles. The Hall–Kier alpha value is -3.35. The van der Waals surface area contributed by atoms with Crippen LogP contribution in [0.5, 0.6) is 0 Å². The number of urea groups is 1. The topological polar surface area (TPSA) is 78.7 Å². The average Bonchev–Trinajstić information content (AvgIpc) is 3.06. The van der Waals surface area contributed by atoms with Crippen LogP contribution in [-0.2, 0) is 0 Å². The van der Waals surface area contributed by atoms with Gasteiger partial charge in [0, 0.05) is 30.7 Å². The highest BCUT2D eigenvalue weighted by atomic mass is 16.2. The number of aromatic nitrogens is 2. The zero-order chi connectivity index (χ0) is 17.2. The summed E-state index contributed by atoms with van der Waals surface area (Å²) in [6.45, 7) is 1.36. The second kappa shape index (κ2) is 6.27. The smallest absolute Gasteiger partial charge is 0.321 e. The Morgan fingerprint density at radius 1 is 1.20 bits per heavy atom. The quantitative estimate of drug-likeness (QED) is 0.772. The summed E-state index contributed by atoms with van der Waals surface area (Å²) >= 11 is 0. The van der Waals surface area contributed by atoms with Crippen molar-refractivity contribution in [1.82, 2.24) is 14.9 Å². The van der Waals surface area contributed by atoms with Crippen molar-refractivity contribution in [2.45, 2.75) is 6.42 Å². The molecule has 1 aliphatic heterocycles. The summed E-state index contributed by atoms with van der Waals surface area (Å²) in [6.07, 6.45) is 4.24. The lowest BCUT2D eigenvalue weighted by Gasteiger charge is -2.27. The fraction of sp³-hybridized carbons (Fsp3) is 0.167. The van der Waals surface area contributed by atoms with Crippen LogP contribution in [0, 0.1) is 0 Å². The molecule has 3 aromatic rings. The molecule has 3 amide bonds. The van der Waals surface area contributed by atoms with Gasteiger partial charge in [-0.15, -0.1) is 0 Å². The molecule has 1 aromatic carbocycles. The van der Waals surface area contributed by atoms with Crippen molar-refractivity contribution in [3.05, 3.63) is 60.4 Å². The Balaban J connectivity index is 1.57. The number of carbonyl (C=O) groups is 2. The highest BCUT2D eigenvalue weighted by Crippen LogP contribution is 2.22. The van der Waals surface area contributed by atoms with Crippen molar-refractivity contribution in [2.24, 2.45) is 0 Å². The Kier molecular flexibility index (Phi) is 3.81. The largest absolute Gasteiger partial charge is 0.338 e. The van der Waals surface area contributed by atoms with E-state index in [2.05, 4.69) is 15.7 Å². The molecule has 25 heavy (non-hydrogen) atoms. The predicted molar refractivity (Wildman–Crippen MR) is 94.9 cm³/mol. The standard InChI is InChI=1S/C18H17N5O2/c24-17(15-12-20-23-10-2-1-7-16(15)23)21-13-5-3-6-14(11-13)22-9-4-8-19-18(22)25/h1-3,5-7,10-12H,4,8-9H2,(H,19,25)(H,21,24). The molecule has 0 bridgehead atoms. The number of fused-ring (bicyclic) bond motifs is 1. The van der Waals surface area contributed by atoms with E-state index >= 15 is 0 Å². The van der Waals surface area contributed by atoms with Crippen LogP contribution < -0.4 is 15.5 Å². The van der Waals surface area contributed by atoms with Gasteiger partial charge in [0.2, 0.25) is 0 Å². The molecular weight excluding hydrogens is 318 g/mol. The molecule has 0 unspecified atom stereocenters. The van der Waals surface area contributed by atoms with Crippen LogP contribution in [0.3, 0.4) is 0 Å². The molecule has 1 aliphatic rings. The zero-order valence-electron chi connectivity index (χ0n) is 13.5. The van der Waals surface area contributed by atoms with Crippen LogP contribution in [0.2, 0.25) is 0 Å². The molecule has 0 atom stereocenters. The third kappa shape index (κ3) is 2.91. The van der Waals surface area contributed by atoms with E-state index in [4.69, 9.17) is 0 Å². The summed E-state index contributed by atoms with van der Waals surface area (Å²) in [4.78, 5) is 26.2. The van der Waals surface area contributed by atoms with Gasteiger partial charge in [-0.25, -0.2) is 9.31 Å². The first-order chi connectivity index (χ1) is 12.2. The molecule has 0 spiro atoms. The van der Waals surface area contributed by atoms with E-state index in [-0.39, 0.29) is 11.9 Å². The van der Waals surface area contributed by atoms with E-state index in [0.717, 1.165) is 17.6 Å². The Labute approximate surface area is 144 Å². The summed E-state index contributed by atoms with van der Waals surface area (Å²) in [6, 6.07) is 12.7. The van der Waals surface area contributed by atoms with Crippen LogP contribution in [0.4, 0.5) is 16.2 Å². The molecular formula is C18H17N5O2. The molecule has 126 valence electrons. The van der Waals surface area contributed by atoms with Gasteiger partial charge < -0.3 is 10.6 Å².